The highest BCUT2D eigenvalue weighted by Gasteiger charge is 2.33. The van der Waals surface area contributed by atoms with Crippen molar-refractivity contribution in [3.8, 4) is 0 Å². The maximum absolute atomic E-state index is 13.2. The average molecular weight is 321 g/mol. The van der Waals surface area contributed by atoms with Crippen molar-refractivity contribution >= 4 is 17.5 Å². The van der Waals surface area contributed by atoms with Crippen LogP contribution in [-0.2, 0) is 0 Å². The molecule has 0 unspecified atom stereocenters. The Morgan fingerprint density at radius 3 is 2.41 bits per heavy atom. The molecule has 22 heavy (non-hydrogen) atoms. The van der Waals surface area contributed by atoms with Crippen LogP contribution in [0, 0.1) is 0 Å². The third-order valence-electron chi connectivity index (χ3n) is 4.98. The predicted octanol–water partition coefficient (Wildman–Crippen LogP) is 3.87. The van der Waals surface area contributed by atoms with Gasteiger partial charge in [-0.1, -0.05) is 49.4 Å². The van der Waals surface area contributed by atoms with E-state index in [1.165, 1.54) is 25.7 Å². The van der Waals surface area contributed by atoms with Crippen LogP contribution in [0.5, 0.6) is 0 Å². The smallest absolute Gasteiger partial charge is 0.255 e. The van der Waals surface area contributed by atoms with Crippen molar-refractivity contribution in [1.29, 1.82) is 0 Å². The van der Waals surface area contributed by atoms with Crippen LogP contribution in [-0.4, -0.2) is 36.0 Å². The summed E-state index contributed by atoms with van der Waals surface area (Å²) < 4.78 is 0. The lowest BCUT2D eigenvalue weighted by molar-refractivity contribution is 0.0567. The summed E-state index contributed by atoms with van der Waals surface area (Å²) in [7, 11) is 0. The van der Waals surface area contributed by atoms with E-state index < -0.39 is 0 Å². The molecule has 1 aliphatic heterocycles. The van der Waals surface area contributed by atoms with Crippen LogP contribution >= 0.6 is 11.6 Å². The second-order valence-electron chi connectivity index (χ2n) is 6.48. The van der Waals surface area contributed by atoms with E-state index in [0.29, 0.717) is 22.7 Å². The van der Waals surface area contributed by atoms with Gasteiger partial charge in [-0.2, -0.15) is 0 Å². The summed E-state index contributed by atoms with van der Waals surface area (Å²) >= 11 is 6.28. The molecule has 3 nitrogen and oxygen atoms in total. The summed E-state index contributed by atoms with van der Waals surface area (Å²) in [5.74, 6) is 0.117. The Morgan fingerprint density at radius 1 is 1.05 bits per heavy atom. The first-order valence-corrected chi connectivity index (χ1v) is 8.93. The first-order valence-electron chi connectivity index (χ1n) is 8.55. The molecule has 2 aliphatic rings. The zero-order valence-corrected chi connectivity index (χ0v) is 13.8. The number of amides is 1. The lowest BCUT2D eigenvalue weighted by atomic mass is 10.0. The molecule has 0 aromatic heterocycles. The number of nitrogens with one attached hydrogen (secondary N) is 1. The summed E-state index contributed by atoms with van der Waals surface area (Å²) in [6, 6.07) is 8.13. The molecule has 1 N–H and O–H groups in total. The molecule has 0 radical (unpaired) electrons. The maximum atomic E-state index is 13.2. The molecule has 4 heteroatoms. The number of carbonyl (C=O) groups excluding carboxylic acids is 1. The van der Waals surface area contributed by atoms with Gasteiger partial charge in [0.1, 0.15) is 0 Å². The summed E-state index contributed by atoms with van der Waals surface area (Å²) in [5.41, 5.74) is 0.653. The fourth-order valence-corrected chi connectivity index (χ4v) is 4.03. The lowest BCUT2D eigenvalue weighted by Gasteiger charge is -2.36. The van der Waals surface area contributed by atoms with Gasteiger partial charge in [0.05, 0.1) is 10.6 Å². The van der Waals surface area contributed by atoms with Crippen LogP contribution in [0.4, 0.5) is 0 Å². The van der Waals surface area contributed by atoms with Gasteiger partial charge in [0, 0.05) is 18.6 Å². The summed E-state index contributed by atoms with van der Waals surface area (Å²) in [4.78, 5) is 15.3. The largest absolute Gasteiger partial charge is 0.331 e. The van der Waals surface area contributed by atoms with E-state index in [0.717, 1.165) is 32.4 Å². The number of carbonyl (C=O) groups is 1. The van der Waals surface area contributed by atoms with Crippen LogP contribution < -0.4 is 5.32 Å². The van der Waals surface area contributed by atoms with E-state index in [-0.39, 0.29) is 5.91 Å². The molecule has 120 valence electrons. The quantitative estimate of drug-likeness (QED) is 0.858. The Balaban J connectivity index is 1.87. The molecule has 0 bridgehead atoms. The van der Waals surface area contributed by atoms with Crippen molar-refractivity contribution in [2.75, 3.05) is 13.1 Å². The van der Waals surface area contributed by atoms with Gasteiger partial charge in [-0.15, -0.1) is 0 Å². The number of hydrogen-bond acceptors (Lipinski definition) is 2. The minimum Gasteiger partial charge on any atom is -0.331 e. The number of halogens is 1. The van der Waals surface area contributed by atoms with Crippen LogP contribution in [0.25, 0.3) is 0 Å². The molecule has 3 rings (SSSR count). The Hall–Kier alpha value is -1.06. The molecule has 1 aromatic carbocycles. The number of benzene rings is 1. The predicted molar refractivity (Wildman–Crippen MR) is 90.4 cm³/mol. The van der Waals surface area contributed by atoms with Gasteiger partial charge in [-0.05, 0) is 37.9 Å². The summed E-state index contributed by atoms with van der Waals surface area (Å²) in [6.45, 7) is 1.91. The van der Waals surface area contributed by atoms with Crippen molar-refractivity contribution in [2.24, 2.45) is 0 Å². The summed E-state index contributed by atoms with van der Waals surface area (Å²) in [6.07, 6.45) is 8.38. The fraction of sp³-hybridized carbons (Fsp3) is 0.611. The first-order chi connectivity index (χ1) is 10.8. The van der Waals surface area contributed by atoms with Crippen LogP contribution in [0.3, 0.4) is 0 Å². The van der Waals surface area contributed by atoms with Gasteiger partial charge in [0.2, 0.25) is 0 Å². The topological polar surface area (TPSA) is 32.3 Å². The minimum absolute atomic E-state index is 0.117. The monoisotopic (exact) mass is 320 g/mol. The molecule has 1 amide bonds. The zero-order chi connectivity index (χ0) is 15.4. The van der Waals surface area contributed by atoms with Crippen molar-refractivity contribution in [1.82, 2.24) is 10.2 Å². The minimum atomic E-state index is 0.117. The second kappa shape index (κ2) is 7.47. The molecular weight excluding hydrogens is 296 g/mol. The van der Waals surface area contributed by atoms with E-state index >= 15 is 0 Å². The highest BCUT2D eigenvalue weighted by molar-refractivity contribution is 6.33. The standard InChI is InChI=1S/C18H25ClN2O/c19-17-10-6-5-9-16(17)18(22)21(15-11-12-20-13-15)14-7-3-1-2-4-8-14/h5-6,9-10,14-15,20H,1-4,7-8,11-13H2/t15-/m0/s1. The van der Waals surface area contributed by atoms with Crippen LogP contribution in [0.2, 0.25) is 5.02 Å². The number of hydrogen-bond donors (Lipinski definition) is 1. The Kier molecular flexibility index (Phi) is 5.37. The van der Waals surface area contributed by atoms with E-state index in [1.54, 1.807) is 0 Å². The van der Waals surface area contributed by atoms with Gasteiger partial charge in [-0.25, -0.2) is 0 Å². The number of rotatable bonds is 3. The van der Waals surface area contributed by atoms with Crippen molar-refractivity contribution < 1.29 is 4.79 Å². The molecule has 1 saturated heterocycles. The maximum Gasteiger partial charge on any atom is 0.255 e. The van der Waals surface area contributed by atoms with Gasteiger partial charge in [0.15, 0.2) is 0 Å². The van der Waals surface area contributed by atoms with Crippen molar-refractivity contribution in [3.05, 3.63) is 34.9 Å². The fourth-order valence-electron chi connectivity index (χ4n) is 3.82. The van der Waals surface area contributed by atoms with Crippen molar-refractivity contribution in [3.63, 3.8) is 0 Å². The number of nitrogens with zero attached hydrogens (tertiary/aromatic N) is 1. The Bertz CT molecular complexity index is 506. The van der Waals surface area contributed by atoms with Crippen LogP contribution in [0.15, 0.2) is 24.3 Å². The average Bonchev–Trinajstić information content (AvgIpc) is 2.91. The molecule has 0 spiro atoms. The molecule has 1 heterocycles. The normalized spacial score (nSPS) is 23.2. The van der Waals surface area contributed by atoms with E-state index in [1.807, 2.05) is 24.3 Å². The first kappa shape index (κ1) is 15.8. The molecule has 1 saturated carbocycles. The van der Waals surface area contributed by atoms with Gasteiger partial charge in [0.25, 0.3) is 5.91 Å². The third kappa shape index (κ3) is 3.47. The highest BCUT2D eigenvalue weighted by Crippen LogP contribution is 2.28. The van der Waals surface area contributed by atoms with E-state index in [2.05, 4.69) is 10.2 Å². The summed E-state index contributed by atoms with van der Waals surface area (Å²) in [5, 5.41) is 3.97. The van der Waals surface area contributed by atoms with Gasteiger partial charge >= 0.3 is 0 Å². The Morgan fingerprint density at radius 2 is 1.77 bits per heavy atom. The van der Waals surface area contributed by atoms with Crippen LogP contribution in [0.1, 0.15) is 55.3 Å². The molecule has 2 fully saturated rings. The molecule has 1 atom stereocenters. The Labute approximate surface area is 138 Å². The van der Waals surface area contributed by atoms with E-state index in [4.69, 9.17) is 11.6 Å². The molecule has 1 aromatic rings. The third-order valence-corrected chi connectivity index (χ3v) is 5.31. The molecular formula is C18H25ClN2O. The lowest BCUT2D eigenvalue weighted by Crippen LogP contribution is -2.48. The van der Waals surface area contributed by atoms with E-state index in [9.17, 15) is 4.79 Å². The highest BCUT2D eigenvalue weighted by atomic mass is 35.5. The van der Waals surface area contributed by atoms with Gasteiger partial charge in [-0.3, -0.25) is 4.79 Å². The second-order valence-corrected chi connectivity index (χ2v) is 6.89. The molecule has 1 aliphatic carbocycles. The SMILES string of the molecule is O=C(c1ccccc1Cl)N(C1CCCCCC1)[C@H]1CCNC1. The zero-order valence-electron chi connectivity index (χ0n) is 13.1. The van der Waals surface area contributed by atoms with Crippen molar-refractivity contribution in [2.45, 2.75) is 57.0 Å². The van der Waals surface area contributed by atoms with Gasteiger partial charge < -0.3 is 10.2 Å².